The number of piperazine rings is 1. The second kappa shape index (κ2) is 8.12. The molecule has 2 heterocycles. The third-order valence-electron chi connectivity index (χ3n) is 4.76. The Kier molecular flexibility index (Phi) is 5.66. The summed E-state index contributed by atoms with van der Waals surface area (Å²) in [5, 5.41) is 0. The van der Waals surface area contributed by atoms with Crippen LogP contribution in [0.1, 0.15) is 35.4 Å². The molecule has 0 saturated carbocycles. The van der Waals surface area contributed by atoms with E-state index in [1.807, 2.05) is 42.2 Å². The number of ketones is 1. The summed E-state index contributed by atoms with van der Waals surface area (Å²) in [6.07, 6.45) is 2.30. The van der Waals surface area contributed by atoms with Gasteiger partial charge in [0.2, 0.25) is 11.7 Å². The van der Waals surface area contributed by atoms with Crippen LogP contribution >= 0.6 is 0 Å². The molecule has 1 aliphatic rings. The molecule has 1 aromatic heterocycles. The molecule has 2 aromatic rings. The van der Waals surface area contributed by atoms with Gasteiger partial charge in [-0.3, -0.25) is 14.5 Å². The number of carbonyl (C=O) groups excluding carboxylic acids is 2. The van der Waals surface area contributed by atoms with Crippen molar-refractivity contribution in [2.75, 3.05) is 32.7 Å². The van der Waals surface area contributed by atoms with Gasteiger partial charge in [-0.1, -0.05) is 37.3 Å². The van der Waals surface area contributed by atoms with E-state index in [9.17, 15) is 9.59 Å². The first-order valence-corrected chi connectivity index (χ1v) is 8.82. The molecule has 5 nitrogen and oxygen atoms in total. The van der Waals surface area contributed by atoms with E-state index in [4.69, 9.17) is 4.42 Å². The molecular weight excluding hydrogens is 316 g/mol. The van der Waals surface area contributed by atoms with Crippen molar-refractivity contribution in [3.63, 3.8) is 0 Å². The summed E-state index contributed by atoms with van der Waals surface area (Å²) in [5.74, 6) is 0.484. The molecule has 0 spiro atoms. The first-order valence-electron chi connectivity index (χ1n) is 8.82. The minimum absolute atomic E-state index is 0.0134. The molecule has 1 atom stereocenters. The number of furan rings is 1. The minimum Gasteiger partial charge on any atom is -0.461 e. The van der Waals surface area contributed by atoms with E-state index in [0.717, 1.165) is 12.0 Å². The van der Waals surface area contributed by atoms with Crippen LogP contribution in [0.5, 0.6) is 0 Å². The highest BCUT2D eigenvalue weighted by Crippen LogP contribution is 2.22. The molecule has 1 saturated heterocycles. The molecule has 5 heteroatoms. The van der Waals surface area contributed by atoms with Crippen molar-refractivity contribution < 1.29 is 14.0 Å². The Morgan fingerprint density at radius 3 is 2.36 bits per heavy atom. The van der Waals surface area contributed by atoms with Crippen molar-refractivity contribution in [2.45, 2.75) is 19.3 Å². The third-order valence-corrected chi connectivity index (χ3v) is 4.76. The Balaban J connectivity index is 1.54. The van der Waals surface area contributed by atoms with Crippen molar-refractivity contribution in [2.24, 2.45) is 0 Å². The number of amides is 1. The molecule has 0 aliphatic carbocycles. The van der Waals surface area contributed by atoms with E-state index in [0.29, 0.717) is 38.5 Å². The van der Waals surface area contributed by atoms with Crippen molar-refractivity contribution in [3.8, 4) is 0 Å². The molecule has 0 bridgehead atoms. The highest BCUT2D eigenvalue weighted by atomic mass is 16.3. The van der Waals surface area contributed by atoms with Crippen molar-refractivity contribution in [3.05, 3.63) is 60.1 Å². The van der Waals surface area contributed by atoms with Crippen LogP contribution in [0.15, 0.2) is 53.1 Å². The van der Waals surface area contributed by atoms with Gasteiger partial charge in [-0.05, 0) is 24.1 Å². The topological polar surface area (TPSA) is 53.8 Å². The normalized spacial score (nSPS) is 16.6. The number of hydrogen-bond donors (Lipinski definition) is 0. The second-order valence-corrected chi connectivity index (χ2v) is 6.37. The summed E-state index contributed by atoms with van der Waals surface area (Å²) < 4.78 is 5.15. The average Bonchev–Trinajstić information content (AvgIpc) is 3.19. The Morgan fingerprint density at radius 1 is 1.04 bits per heavy atom. The summed E-state index contributed by atoms with van der Waals surface area (Å²) in [5.41, 5.74) is 1.07. The Labute approximate surface area is 148 Å². The summed E-state index contributed by atoms with van der Waals surface area (Å²) >= 11 is 0. The lowest BCUT2D eigenvalue weighted by Crippen LogP contribution is -2.51. The Hall–Kier alpha value is -2.40. The van der Waals surface area contributed by atoms with Crippen LogP contribution < -0.4 is 0 Å². The molecular formula is C20H24N2O3. The SMILES string of the molecule is CC[C@H](C(=O)N1CCN(CC(=O)c2ccco2)CC1)c1ccccc1. The van der Waals surface area contributed by atoms with Gasteiger partial charge in [0, 0.05) is 26.2 Å². The lowest BCUT2D eigenvalue weighted by molar-refractivity contribution is -0.134. The number of nitrogens with zero attached hydrogens (tertiary/aromatic N) is 2. The minimum atomic E-state index is -0.0856. The predicted molar refractivity (Wildman–Crippen MR) is 95.5 cm³/mol. The third kappa shape index (κ3) is 4.17. The van der Waals surface area contributed by atoms with E-state index < -0.39 is 0 Å². The fourth-order valence-electron chi connectivity index (χ4n) is 3.30. The molecule has 25 heavy (non-hydrogen) atoms. The van der Waals surface area contributed by atoms with Gasteiger partial charge in [-0.15, -0.1) is 0 Å². The lowest BCUT2D eigenvalue weighted by Gasteiger charge is -2.36. The first kappa shape index (κ1) is 17.4. The van der Waals surface area contributed by atoms with E-state index >= 15 is 0 Å². The number of carbonyl (C=O) groups is 2. The monoisotopic (exact) mass is 340 g/mol. The smallest absolute Gasteiger partial charge is 0.230 e. The molecule has 1 fully saturated rings. The maximum atomic E-state index is 12.9. The van der Waals surface area contributed by atoms with Gasteiger partial charge in [0.25, 0.3) is 0 Å². The van der Waals surface area contributed by atoms with E-state index in [1.165, 1.54) is 6.26 Å². The highest BCUT2D eigenvalue weighted by Gasteiger charge is 2.28. The number of hydrogen-bond acceptors (Lipinski definition) is 4. The summed E-state index contributed by atoms with van der Waals surface area (Å²) in [6.45, 7) is 5.13. The van der Waals surface area contributed by atoms with Crippen LogP contribution in [-0.2, 0) is 4.79 Å². The highest BCUT2D eigenvalue weighted by molar-refractivity contribution is 5.95. The quantitative estimate of drug-likeness (QED) is 0.759. The van der Waals surface area contributed by atoms with Crippen LogP contribution in [0.25, 0.3) is 0 Å². The van der Waals surface area contributed by atoms with Crippen LogP contribution in [0.2, 0.25) is 0 Å². The van der Waals surface area contributed by atoms with Gasteiger partial charge in [-0.25, -0.2) is 0 Å². The first-order chi connectivity index (χ1) is 12.2. The van der Waals surface area contributed by atoms with Gasteiger partial charge >= 0.3 is 0 Å². The summed E-state index contributed by atoms with van der Waals surface area (Å²) in [6, 6.07) is 13.4. The molecule has 3 rings (SSSR count). The second-order valence-electron chi connectivity index (χ2n) is 6.37. The van der Waals surface area contributed by atoms with Gasteiger partial charge in [0.15, 0.2) is 5.76 Å². The van der Waals surface area contributed by atoms with E-state index in [-0.39, 0.29) is 17.6 Å². The number of Topliss-reactive ketones (excluding diaryl/α,β-unsaturated/α-hetero) is 1. The van der Waals surface area contributed by atoms with Crippen LogP contribution in [0.3, 0.4) is 0 Å². The molecule has 1 amide bonds. The summed E-state index contributed by atoms with van der Waals surface area (Å²) in [7, 11) is 0. The Bertz CT molecular complexity index is 689. The van der Waals surface area contributed by atoms with E-state index in [1.54, 1.807) is 12.1 Å². The zero-order chi connectivity index (χ0) is 17.6. The zero-order valence-electron chi connectivity index (χ0n) is 14.6. The molecule has 0 radical (unpaired) electrons. The number of rotatable bonds is 6. The van der Waals surface area contributed by atoms with Crippen LogP contribution in [0.4, 0.5) is 0 Å². The van der Waals surface area contributed by atoms with Gasteiger partial charge in [0.1, 0.15) is 0 Å². The molecule has 0 N–H and O–H groups in total. The number of benzene rings is 1. The van der Waals surface area contributed by atoms with Crippen LogP contribution in [0, 0.1) is 0 Å². The Morgan fingerprint density at radius 2 is 1.76 bits per heavy atom. The molecule has 1 aromatic carbocycles. The molecule has 132 valence electrons. The average molecular weight is 340 g/mol. The maximum absolute atomic E-state index is 12.9. The fourth-order valence-corrected chi connectivity index (χ4v) is 3.30. The van der Waals surface area contributed by atoms with Crippen LogP contribution in [-0.4, -0.2) is 54.2 Å². The van der Waals surface area contributed by atoms with Crippen molar-refractivity contribution in [1.82, 2.24) is 9.80 Å². The van der Waals surface area contributed by atoms with Gasteiger partial charge in [0.05, 0.1) is 18.7 Å². The van der Waals surface area contributed by atoms with Gasteiger partial charge < -0.3 is 9.32 Å². The zero-order valence-corrected chi connectivity index (χ0v) is 14.6. The fraction of sp³-hybridized carbons (Fsp3) is 0.400. The largest absolute Gasteiger partial charge is 0.461 e. The molecule has 1 aliphatic heterocycles. The van der Waals surface area contributed by atoms with Crippen molar-refractivity contribution in [1.29, 1.82) is 0 Å². The molecule has 0 unspecified atom stereocenters. The van der Waals surface area contributed by atoms with Gasteiger partial charge in [-0.2, -0.15) is 0 Å². The predicted octanol–water partition coefficient (Wildman–Crippen LogP) is 2.80. The lowest BCUT2D eigenvalue weighted by atomic mass is 9.95. The summed E-state index contributed by atoms with van der Waals surface area (Å²) in [4.78, 5) is 29.0. The standard InChI is InChI=1S/C20H24N2O3/c1-2-17(16-7-4-3-5-8-16)20(24)22-12-10-21(11-13-22)15-18(23)19-9-6-14-25-19/h3-9,14,17H,2,10-13,15H2,1H3/t17-/m0/s1. The maximum Gasteiger partial charge on any atom is 0.230 e. The van der Waals surface area contributed by atoms with Crippen molar-refractivity contribution >= 4 is 11.7 Å². The van der Waals surface area contributed by atoms with E-state index in [2.05, 4.69) is 4.90 Å².